The third-order valence-electron chi connectivity index (χ3n) is 5.55. The summed E-state index contributed by atoms with van der Waals surface area (Å²) in [5.74, 6) is 1.36. The van der Waals surface area contributed by atoms with E-state index < -0.39 is 10.0 Å². The number of aryl methyl sites for hydroxylation is 1. The predicted octanol–water partition coefficient (Wildman–Crippen LogP) is 1.81. The summed E-state index contributed by atoms with van der Waals surface area (Å²) in [5.41, 5.74) is 1.03. The normalized spacial score (nSPS) is 25.5. The van der Waals surface area contributed by atoms with Crippen molar-refractivity contribution in [1.82, 2.24) is 14.1 Å². The lowest BCUT2D eigenvalue weighted by molar-refractivity contribution is -0.134. The van der Waals surface area contributed by atoms with Gasteiger partial charge in [-0.3, -0.25) is 9.69 Å². The lowest BCUT2D eigenvalue weighted by Gasteiger charge is -2.38. The average molecular weight is 394 g/mol. The molecule has 0 aliphatic carbocycles. The van der Waals surface area contributed by atoms with Crippen molar-refractivity contribution < 1.29 is 13.2 Å². The first-order chi connectivity index (χ1) is 12.8. The smallest absolute Gasteiger partial charge is 0.243 e. The third kappa shape index (κ3) is 4.89. The largest absolute Gasteiger partial charge is 0.339 e. The first kappa shape index (κ1) is 20.3. The minimum atomic E-state index is -3.48. The number of hydrogen-bond acceptors (Lipinski definition) is 4. The molecule has 27 heavy (non-hydrogen) atoms. The Balaban J connectivity index is 1.55. The third-order valence-corrected chi connectivity index (χ3v) is 7.47. The highest BCUT2D eigenvalue weighted by atomic mass is 32.2. The van der Waals surface area contributed by atoms with Crippen molar-refractivity contribution >= 4 is 15.9 Å². The molecule has 0 saturated carbocycles. The van der Waals surface area contributed by atoms with Crippen LogP contribution in [0.25, 0.3) is 0 Å². The van der Waals surface area contributed by atoms with Crippen molar-refractivity contribution in [2.75, 3.05) is 45.8 Å². The summed E-state index contributed by atoms with van der Waals surface area (Å²) in [6.45, 7) is 10.4. The topological polar surface area (TPSA) is 60.9 Å². The highest BCUT2D eigenvalue weighted by molar-refractivity contribution is 7.89. The zero-order valence-corrected chi connectivity index (χ0v) is 17.4. The number of benzene rings is 1. The summed E-state index contributed by atoms with van der Waals surface area (Å²) in [4.78, 5) is 17.0. The summed E-state index contributed by atoms with van der Waals surface area (Å²) in [5, 5.41) is 0. The van der Waals surface area contributed by atoms with E-state index in [9.17, 15) is 13.2 Å². The molecule has 2 heterocycles. The zero-order valence-electron chi connectivity index (χ0n) is 16.6. The molecule has 2 unspecified atom stereocenters. The van der Waals surface area contributed by atoms with Crippen molar-refractivity contribution in [3.05, 3.63) is 29.8 Å². The van der Waals surface area contributed by atoms with Crippen LogP contribution in [0.1, 0.15) is 25.8 Å². The first-order valence-corrected chi connectivity index (χ1v) is 11.3. The Morgan fingerprint density at radius 2 is 1.56 bits per heavy atom. The van der Waals surface area contributed by atoms with Crippen LogP contribution in [0, 0.1) is 18.8 Å². The van der Waals surface area contributed by atoms with Gasteiger partial charge in [0.1, 0.15) is 0 Å². The molecule has 2 atom stereocenters. The summed E-state index contributed by atoms with van der Waals surface area (Å²) in [7, 11) is -3.48. The van der Waals surface area contributed by atoms with Crippen LogP contribution in [-0.4, -0.2) is 74.2 Å². The van der Waals surface area contributed by atoms with Gasteiger partial charge in [0.25, 0.3) is 0 Å². The predicted molar refractivity (Wildman–Crippen MR) is 106 cm³/mol. The van der Waals surface area contributed by atoms with Crippen LogP contribution >= 0.6 is 0 Å². The van der Waals surface area contributed by atoms with E-state index in [-0.39, 0.29) is 5.91 Å². The number of hydrogen-bond donors (Lipinski definition) is 0. The number of piperidine rings is 1. The van der Waals surface area contributed by atoms with Gasteiger partial charge in [-0.05, 0) is 37.3 Å². The standard InChI is InChI=1S/C20H31N3O3S/c1-16-4-6-19(7-5-16)27(25,26)23-10-8-22(9-11-23)20(24)15-21-13-17(2)12-18(3)14-21/h4-7,17-18H,8-15H2,1-3H3. The van der Waals surface area contributed by atoms with Crippen LogP contribution in [0.15, 0.2) is 29.2 Å². The summed E-state index contributed by atoms with van der Waals surface area (Å²) in [6.07, 6.45) is 1.22. The Bertz CT molecular complexity index is 745. The van der Waals surface area contributed by atoms with Gasteiger partial charge in [0.05, 0.1) is 11.4 Å². The van der Waals surface area contributed by atoms with Gasteiger partial charge in [0.2, 0.25) is 15.9 Å². The van der Waals surface area contributed by atoms with Gasteiger partial charge in [-0.15, -0.1) is 0 Å². The van der Waals surface area contributed by atoms with Crippen molar-refractivity contribution in [2.24, 2.45) is 11.8 Å². The highest BCUT2D eigenvalue weighted by Crippen LogP contribution is 2.21. The van der Waals surface area contributed by atoms with Gasteiger partial charge >= 0.3 is 0 Å². The number of carbonyl (C=O) groups excluding carboxylic acids is 1. The maximum Gasteiger partial charge on any atom is 0.243 e. The summed E-state index contributed by atoms with van der Waals surface area (Å²) < 4.78 is 27.0. The number of rotatable bonds is 4. The molecule has 1 aromatic rings. The van der Waals surface area contributed by atoms with Gasteiger partial charge in [-0.2, -0.15) is 4.31 Å². The zero-order chi connectivity index (χ0) is 19.6. The van der Waals surface area contributed by atoms with Crippen LogP contribution in [-0.2, 0) is 14.8 Å². The molecule has 0 spiro atoms. The fourth-order valence-electron chi connectivity index (χ4n) is 4.25. The second-order valence-electron chi connectivity index (χ2n) is 8.24. The van der Waals surface area contributed by atoms with Crippen molar-refractivity contribution in [2.45, 2.75) is 32.1 Å². The number of sulfonamides is 1. The number of likely N-dealkylation sites (tertiary alicyclic amines) is 1. The van der Waals surface area contributed by atoms with E-state index in [0.717, 1.165) is 18.7 Å². The quantitative estimate of drug-likeness (QED) is 0.783. The van der Waals surface area contributed by atoms with E-state index in [1.54, 1.807) is 12.1 Å². The molecule has 2 saturated heterocycles. The van der Waals surface area contributed by atoms with Gasteiger partial charge in [0.15, 0.2) is 0 Å². The van der Waals surface area contributed by atoms with Crippen molar-refractivity contribution in [3.63, 3.8) is 0 Å². The molecule has 2 aliphatic rings. The Morgan fingerprint density at radius 3 is 2.11 bits per heavy atom. The van der Waals surface area contributed by atoms with E-state index in [4.69, 9.17) is 0 Å². The summed E-state index contributed by atoms with van der Waals surface area (Å²) >= 11 is 0. The first-order valence-electron chi connectivity index (χ1n) is 9.82. The molecule has 0 N–H and O–H groups in total. The second kappa shape index (κ2) is 8.29. The van der Waals surface area contributed by atoms with Crippen LogP contribution in [0.3, 0.4) is 0 Å². The summed E-state index contributed by atoms with van der Waals surface area (Å²) in [6, 6.07) is 6.93. The van der Waals surface area contributed by atoms with E-state index in [1.165, 1.54) is 10.7 Å². The molecule has 0 radical (unpaired) electrons. The number of amides is 1. The Labute approximate surface area is 163 Å². The van der Waals surface area contributed by atoms with Crippen LogP contribution in [0.5, 0.6) is 0 Å². The Hall–Kier alpha value is -1.44. The Morgan fingerprint density at radius 1 is 1.00 bits per heavy atom. The van der Waals surface area contributed by atoms with Crippen LogP contribution in [0.2, 0.25) is 0 Å². The molecule has 0 aromatic heterocycles. The molecule has 1 aromatic carbocycles. The molecule has 6 nitrogen and oxygen atoms in total. The van der Waals surface area contributed by atoms with E-state index in [2.05, 4.69) is 18.7 Å². The van der Waals surface area contributed by atoms with Crippen LogP contribution in [0.4, 0.5) is 0 Å². The maximum atomic E-state index is 12.8. The van der Waals surface area contributed by atoms with Crippen molar-refractivity contribution in [3.8, 4) is 0 Å². The van der Waals surface area contributed by atoms with Gasteiger partial charge in [-0.25, -0.2) is 8.42 Å². The van der Waals surface area contributed by atoms with E-state index >= 15 is 0 Å². The molecule has 1 amide bonds. The fraction of sp³-hybridized carbons (Fsp3) is 0.650. The fourth-order valence-corrected chi connectivity index (χ4v) is 5.67. The average Bonchev–Trinajstić information content (AvgIpc) is 2.61. The van der Waals surface area contributed by atoms with Gasteiger partial charge < -0.3 is 4.90 Å². The number of carbonyl (C=O) groups is 1. The van der Waals surface area contributed by atoms with E-state index in [1.807, 2.05) is 24.0 Å². The maximum absolute atomic E-state index is 12.8. The number of piperazine rings is 1. The molecular weight excluding hydrogens is 362 g/mol. The molecule has 0 bridgehead atoms. The lowest BCUT2D eigenvalue weighted by atomic mass is 9.92. The molecule has 150 valence electrons. The molecule has 2 fully saturated rings. The minimum absolute atomic E-state index is 0.115. The molecule has 7 heteroatoms. The molecular formula is C20H31N3O3S. The monoisotopic (exact) mass is 393 g/mol. The molecule has 3 rings (SSSR count). The Kier molecular flexibility index (Phi) is 6.23. The van der Waals surface area contributed by atoms with Gasteiger partial charge in [-0.1, -0.05) is 31.5 Å². The molecule has 2 aliphatic heterocycles. The SMILES string of the molecule is Cc1ccc(S(=O)(=O)N2CCN(C(=O)CN3CC(C)CC(C)C3)CC2)cc1. The van der Waals surface area contributed by atoms with Gasteiger partial charge in [0, 0.05) is 39.3 Å². The second-order valence-corrected chi connectivity index (χ2v) is 10.2. The lowest BCUT2D eigenvalue weighted by Crippen LogP contribution is -2.53. The van der Waals surface area contributed by atoms with Crippen LogP contribution < -0.4 is 0 Å². The number of nitrogens with zero attached hydrogens (tertiary/aromatic N) is 3. The minimum Gasteiger partial charge on any atom is -0.339 e. The van der Waals surface area contributed by atoms with Crippen molar-refractivity contribution in [1.29, 1.82) is 0 Å². The highest BCUT2D eigenvalue weighted by Gasteiger charge is 2.31. The van der Waals surface area contributed by atoms with E-state index in [0.29, 0.717) is 49.5 Å².